The highest BCUT2D eigenvalue weighted by atomic mass is 16.1. The van der Waals surface area contributed by atoms with E-state index in [1.807, 2.05) is 35.1 Å². The van der Waals surface area contributed by atoms with Gasteiger partial charge in [-0.2, -0.15) is 5.10 Å². The Hall–Kier alpha value is -1.88. The van der Waals surface area contributed by atoms with Crippen LogP contribution in [0, 0.1) is 5.92 Å². The van der Waals surface area contributed by atoms with Crippen LogP contribution in [0.1, 0.15) is 12.8 Å². The van der Waals surface area contributed by atoms with Crippen molar-refractivity contribution in [2.75, 3.05) is 7.05 Å². The van der Waals surface area contributed by atoms with Crippen molar-refractivity contribution in [3.05, 3.63) is 30.5 Å². The summed E-state index contributed by atoms with van der Waals surface area (Å²) in [4.78, 5) is 11.9. The fourth-order valence-corrected chi connectivity index (χ4v) is 2.78. The molecule has 3 N–H and O–H groups in total. The van der Waals surface area contributed by atoms with Gasteiger partial charge in [-0.05, 0) is 31.9 Å². The standard InChI is InChI=1S/C14H18N4O/c1-16-14(13(15)19,11-6-7-11)9-18-12-5-3-2-4-10(12)8-17-18/h2-5,8,11,16H,6-7,9H2,1H3,(H2,15,19). The molecule has 1 aliphatic carbocycles. The molecule has 0 bridgehead atoms. The van der Waals surface area contributed by atoms with Crippen LogP contribution in [0.2, 0.25) is 0 Å². The second-order valence-corrected chi connectivity index (χ2v) is 5.22. The van der Waals surface area contributed by atoms with Gasteiger partial charge in [-0.1, -0.05) is 18.2 Å². The molecule has 0 saturated heterocycles. The van der Waals surface area contributed by atoms with Crippen molar-refractivity contribution in [1.29, 1.82) is 0 Å². The number of nitrogens with two attached hydrogens (primary N) is 1. The average molecular weight is 258 g/mol. The second kappa shape index (κ2) is 4.35. The van der Waals surface area contributed by atoms with Crippen molar-refractivity contribution in [3.8, 4) is 0 Å². The molecular weight excluding hydrogens is 240 g/mol. The highest BCUT2D eigenvalue weighted by Crippen LogP contribution is 2.40. The van der Waals surface area contributed by atoms with Crippen LogP contribution < -0.4 is 11.1 Å². The van der Waals surface area contributed by atoms with E-state index in [9.17, 15) is 4.79 Å². The highest BCUT2D eigenvalue weighted by molar-refractivity contribution is 5.86. The van der Waals surface area contributed by atoms with Crippen molar-refractivity contribution < 1.29 is 4.79 Å². The molecule has 1 unspecified atom stereocenters. The minimum Gasteiger partial charge on any atom is -0.368 e. The van der Waals surface area contributed by atoms with E-state index in [1.54, 1.807) is 7.05 Å². The third-order valence-corrected chi connectivity index (χ3v) is 4.11. The summed E-state index contributed by atoms with van der Waals surface area (Å²) in [5.74, 6) is 0.0232. The maximum absolute atomic E-state index is 11.9. The van der Waals surface area contributed by atoms with E-state index in [0.29, 0.717) is 12.5 Å². The molecular formula is C14H18N4O. The summed E-state index contributed by atoms with van der Waals surface area (Å²) in [6.07, 6.45) is 3.91. The number of aromatic nitrogens is 2. The number of carbonyl (C=O) groups is 1. The summed E-state index contributed by atoms with van der Waals surface area (Å²) < 4.78 is 1.87. The molecule has 1 amide bonds. The van der Waals surface area contributed by atoms with Crippen LogP contribution >= 0.6 is 0 Å². The van der Waals surface area contributed by atoms with E-state index in [2.05, 4.69) is 10.4 Å². The van der Waals surface area contributed by atoms with Gasteiger partial charge >= 0.3 is 0 Å². The Labute approximate surface area is 111 Å². The van der Waals surface area contributed by atoms with E-state index in [-0.39, 0.29) is 5.91 Å². The average Bonchev–Trinajstić information content (AvgIpc) is 3.19. The molecule has 1 atom stereocenters. The summed E-state index contributed by atoms with van der Waals surface area (Å²) >= 11 is 0. The predicted molar refractivity (Wildman–Crippen MR) is 73.4 cm³/mol. The lowest BCUT2D eigenvalue weighted by atomic mass is 9.92. The number of carbonyl (C=O) groups excluding carboxylic acids is 1. The minimum absolute atomic E-state index is 0.294. The van der Waals surface area contributed by atoms with Gasteiger partial charge in [0.1, 0.15) is 5.54 Å². The van der Waals surface area contributed by atoms with E-state index in [4.69, 9.17) is 5.73 Å². The number of rotatable bonds is 5. The number of hydrogen-bond acceptors (Lipinski definition) is 3. The fraction of sp³-hybridized carbons (Fsp3) is 0.429. The molecule has 1 aromatic heterocycles. The largest absolute Gasteiger partial charge is 0.368 e. The van der Waals surface area contributed by atoms with Crippen LogP contribution in [-0.4, -0.2) is 28.3 Å². The molecule has 19 heavy (non-hydrogen) atoms. The Morgan fingerprint density at radius 2 is 2.26 bits per heavy atom. The molecule has 1 saturated carbocycles. The van der Waals surface area contributed by atoms with E-state index in [0.717, 1.165) is 23.7 Å². The maximum atomic E-state index is 11.9. The van der Waals surface area contributed by atoms with Crippen molar-refractivity contribution in [3.63, 3.8) is 0 Å². The monoisotopic (exact) mass is 258 g/mol. The summed E-state index contributed by atoms with van der Waals surface area (Å²) in [6, 6.07) is 7.98. The van der Waals surface area contributed by atoms with Crippen LogP contribution in [0.4, 0.5) is 0 Å². The number of para-hydroxylation sites is 1. The number of nitrogens with zero attached hydrogens (tertiary/aromatic N) is 2. The zero-order valence-corrected chi connectivity index (χ0v) is 11.0. The maximum Gasteiger partial charge on any atom is 0.239 e. The number of primary amides is 1. The highest BCUT2D eigenvalue weighted by Gasteiger charge is 2.49. The number of benzene rings is 1. The summed E-state index contributed by atoms with van der Waals surface area (Å²) in [6.45, 7) is 0.483. The lowest BCUT2D eigenvalue weighted by molar-refractivity contribution is -0.125. The number of nitrogens with one attached hydrogen (secondary N) is 1. The number of likely N-dealkylation sites (N-methyl/N-ethyl adjacent to an activating group) is 1. The van der Waals surface area contributed by atoms with Gasteiger partial charge in [0.05, 0.1) is 18.3 Å². The molecule has 1 heterocycles. The van der Waals surface area contributed by atoms with Gasteiger partial charge in [-0.25, -0.2) is 0 Å². The molecule has 2 aromatic rings. The van der Waals surface area contributed by atoms with Gasteiger partial charge < -0.3 is 11.1 Å². The van der Waals surface area contributed by atoms with Crippen molar-refractivity contribution >= 4 is 16.8 Å². The zero-order chi connectivity index (χ0) is 13.5. The lowest BCUT2D eigenvalue weighted by Gasteiger charge is -2.30. The molecule has 100 valence electrons. The van der Waals surface area contributed by atoms with E-state index >= 15 is 0 Å². The predicted octanol–water partition coefficient (Wildman–Crippen LogP) is 0.890. The van der Waals surface area contributed by atoms with Crippen LogP contribution in [0.3, 0.4) is 0 Å². The number of hydrogen-bond donors (Lipinski definition) is 2. The first-order valence-corrected chi connectivity index (χ1v) is 6.57. The SMILES string of the molecule is CNC(Cn1ncc2ccccc21)(C(N)=O)C1CC1. The van der Waals surface area contributed by atoms with Gasteiger partial charge in [0.2, 0.25) is 5.91 Å². The van der Waals surface area contributed by atoms with Crippen molar-refractivity contribution in [2.45, 2.75) is 24.9 Å². The molecule has 3 rings (SSSR count). The van der Waals surface area contributed by atoms with Gasteiger partial charge in [-0.15, -0.1) is 0 Å². The van der Waals surface area contributed by atoms with Crippen LogP contribution in [0.25, 0.3) is 10.9 Å². The molecule has 5 heteroatoms. The lowest BCUT2D eigenvalue weighted by Crippen LogP contribution is -2.58. The molecule has 5 nitrogen and oxygen atoms in total. The first-order chi connectivity index (χ1) is 9.17. The van der Waals surface area contributed by atoms with Gasteiger partial charge in [0.25, 0.3) is 0 Å². The van der Waals surface area contributed by atoms with Crippen LogP contribution in [0.15, 0.2) is 30.5 Å². The third-order valence-electron chi connectivity index (χ3n) is 4.11. The topological polar surface area (TPSA) is 72.9 Å². The Balaban J connectivity index is 2.00. The van der Waals surface area contributed by atoms with Crippen molar-refractivity contribution in [2.24, 2.45) is 11.7 Å². The van der Waals surface area contributed by atoms with E-state index < -0.39 is 5.54 Å². The fourth-order valence-electron chi connectivity index (χ4n) is 2.78. The molecule has 0 spiro atoms. The Kier molecular flexibility index (Phi) is 2.78. The minimum atomic E-state index is -0.686. The third kappa shape index (κ3) is 1.90. The van der Waals surface area contributed by atoms with Crippen LogP contribution in [-0.2, 0) is 11.3 Å². The quantitative estimate of drug-likeness (QED) is 0.836. The first-order valence-electron chi connectivity index (χ1n) is 6.57. The molecule has 1 aromatic carbocycles. The summed E-state index contributed by atoms with van der Waals surface area (Å²) in [7, 11) is 1.80. The molecule has 1 aliphatic rings. The Bertz CT molecular complexity index is 617. The Morgan fingerprint density at radius 3 is 2.89 bits per heavy atom. The molecule has 0 radical (unpaired) electrons. The smallest absolute Gasteiger partial charge is 0.239 e. The molecule has 1 fully saturated rings. The van der Waals surface area contributed by atoms with Gasteiger partial charge in [-0.3, -0.25) is 9.48 Å². The summed E-state index contributed by atoms with van der Waals surface area (Å²) in [5, 5.41) is 8.61. The first kappa shape index (κ1) is 12.2. The normalized spacial score (nSPS) is 18.4. The molecule has 0 aliphatic heterocycles. The zero-order valence-electron chi connectivity index (χ0n) is 11.0. The summed E-state index contributed by atoms with van der Waals surface area (Å²) in [5.41, 5.74) is 5.99. The van der Waals surface area contributed by atoms with Crippen LogP contribution in [0.5, 0.6) is 0 Å². The Morgan fingerprint density at radius 1 is 1.53 bits per heavy atom. The van der Waals surface area contributed by atoms with Gasteiger partial charge in [0.15, 0.2) is 0 Å². The van der Waals surface area contributed by atoms with E-state index in [1.165, 1.54) is 0 Å². The van der Waals surface area contributed by atoms with Crippen molar-refractivity contribution in [1.82, 2.24) is 15.1 Å². The van der Waals surface area contributed by atoms with Gasteiger partial charge in [0, 0.05) is 5.39 Å². The second-order valence-electron chi connectivity index (χ2n) is 5.22. The number of fused-ring (bicyclic) bond motifs is 1. The number of amides is 1.